The highest BCUT2D eigenvalue weighted by Crippen LogP contribution is 2.18. The van der Waals surface area contributed by atoms with Crippen LogP contribution >= 0.6 is 11.6 Å². The Morgan fingerprint density at radius 2 is 2.21 bits per heavy atom. The molecule has 2 heterocycles. The third-order valence-electron chi connectivity index (χ3n) is 3.04. The maximum Gasteiger partial charge on any atom is 0.137 e. The summed E-state index contributed by atoms with van der Waals surface area (Å²) in [5, 5.41) is 12.7. The number of hydrogen-bond acceptors (Lipinski definition) is 4. The van der Waals surface area contributed by atoms with Crippen LogP contribution in [0.3, 0.4) is 0 Å². The van der Waals surface area contributed by atoms with E-state index in [0.717, 1.165) is 36.0 Å². The SMILES string of the molecule is Cc1nn(CCNC(C)Cn2cncn2)c(C)c1Cl. The average Bonchev–Trinajstić information content (AvgIpc) is 2.95. The molecule has 104 valence electrons. The van der Waals surface area contributed by atoms with Crippen molar-refractivity contribution < 1.29 is 0 Å². The monoisotopic (exact) mass is 282 g/mol. The first-order valence-corrected chi connectivity index (χ1v) is 6.71. The highest BCUT2D eigenvalue weighted by molar-refractivity contribution is 6.31. The van der Waals surface area contributed by atoms with Crippen molar-refractivity contribution in [2.75, 3.05) is 6.54 Å². The van der Waals surface area contributed by atoms with Gasteiger partial charge in [0.25, 0.3) is 0 Å². The van der Waals surface area contributed by atoms with E-state index < -0.39 is 0 Å². The van der Waals surface area contributed by atoms with Crippen LogP contribution in [-0.4, -0.2) is 37.1 Å². The Hall–Kier alpha value is -1.40. The second-order valence-electron chi connectivity index (χ2n) is 4.68. The summed E-state index contributed by atoms with van der Waals surface area (Å²) in [5.41, 5.74) is 1.90. The molecule has 1 unspecified atom stereocenters. The standard InChI is InChI=1S/C12H19ClN6/c1-9(6-18-8-14-7-16-18)15-4-5-19-11(3)12(13)10(2)17-19/h7-9,15H,4-6H2,1-3H3. The zero-order chi connectivity index (χ0) is 13.8. The van der Waals surface area contributed by atoms with E-state index in [1.807, 2.05) is 23.2 Å². The number of nitrogens with one attached hydrogen (secondary N) is 1. The molecule has 2 aromatic rings. The Balaban J connectivity index is 1.78. The van der Waals surface area contributed by atoms with Gasteiger partial charge >= 0.3 is 0 Å². The summed E-state index contributed by atoms with van der Waals surface area (Å²) in [6.45, 7) is 8.48. The number of aromatic nitrogens is 5. The largest absolute Gasteiger partial charge is 0.311 e. The lowest BCUT2D eigenvalue weighted by Gasteiger charge is -2.13. The van der Waals surface area contributed by atoms with Crippen LogP contribution in [0.25, 0.3) is 0 Å². The van der Waals surface area contributed by atoms with Crippen molar-refractivity contribution in [1.82, 2.24) is 29.9 Å². The number of hydrogen-bond donors (Lipinski definition) is 1. The summed E-state index contributed by atoms with van der Waals surface area (Å²) >= 11 is 6.11. The first kappa shape index (κ1) is 14.0. The second-order valence-corrected chi connectivity index (χ2v) is 5.06. The molecule has 0 aliphatic rings. The number of halogens is 1. The molecule has 0 saturated carbocycles. The van der Waals surface area contributed by atoms with E-state index in [0.29, 0.717) is 6.04 Å². The van der Waals surface area contributed by atoms with E-state index in [2.05, 4.69) is 27.4 Å². The van der Waals surface area contributed by atoms with Gasteiger partial charge in [0.15, 0.2) is 0 Å². The molecule has 0 aromatic carbocycles. The molecule has 1 N–H and O–H groups in total. The molecule has 0 aliphatic heterocycles. The molecular formula is C12H19ClN6. The number of rotatable bonds is 6. The predicted octanol–water partition coefficient (Wildman–Crippen LogP) is 1.42. The van der Waals surface area contributed by atoms with Gasteiger partial charge in [-0.25, -0.2) is 4.98 Å². The van der Waals surface area contributed by atoms with E-state index in [1.54, 1.807) is 12.7 Å². The van der Waals surface area contributed by atoms with Crippen LogP contribution in [-0.2, 0) is 13.1 Å². The average molecular weight is 283 g/mol. The minimum atomic E-state index is 0.328. The molecule has 19 heavy (non-hydrogen) atoms. The molecule has 0 spiro atoms. The van der Waals surface area contributed by atoms with Gasteiger partial charge in [0, 0.05) is 12.6 Å². The van der Waals surface area contributed by atoms with Crippen LogP contribution in [0.5, 0.6) is 0 Å². The minimum Gasteiger partial charge on any atom is -0.311 e. The van der Waals surface area contributed by atoms with Crippen molar-refractivity contribution >= 4 is 11.6 Å². The van der Waals surface area contributed by atoms with Crippen molar-refractivity contribution in [2.24, 2.45) is 0 Å². The topological polar surface area (TPSA) is 60.6 Å². The molecule has 1 atom stereocenters. The molecule has 6 nitrogen and oxygen atoms in total. The lowest BCUT2D eigenvalue weighted by Crippen LogP contribution is -2.33. The van der Waals surface area contributed by atoms with Gasteiger partial charge < -0.3 is 5.32 Å². The number of nitrogens with zero attached hydrogens (tertiary/aromatic N) is 5. The third kappa shape index (κ3) is 3.54. The molecule has 0 radical (unpaired) electrons. The van der Waals surface area contributed by atoms with Crippen molar-refractivity contribution in [3.8, 4) is 0 Å². The molecule has 2 aromatic heterocycles. The van der Waals surface area contributed by atoms with Crippen LogP contribution in [0.4, 0.5) is 0 Å². The summed E-state index contributed by atoms with van der Waals surface area (Å²) in [6.07, 6.45) is 3.27. The van der Waals surface area contributed by atoms with Gasteiger partial charge in [-0.3, -0.25) is 9.36 Å². The Kier molecular flexibility index (Phi) is 4.55. The number of aryl methyl sites for hydroxylation is 1. The highest BCUT2D eigenvalue weighted by Gasteiger charge is 2.09. The van der Waals surface area contributed by atoms with Gasteiger partial charge in [-0.05, 0) is 20.8 Å². The van der Waals surface area contributed by atoms with Crippen LogP contribution in [0.1, 0.15) is 18.3 Å². The maximum absolute atomic E-state index is 6.11. The van der Waals surface area contributed by atoms with E-state index in [4.69, 9.17) is 11.6 Å². The summed E-state index contributed by atoms with van der Waals surface area (Å²) in [7, 11) is 0. The fourth-order valence-electron chi connectivity index (χ4n) is 1.98. The Morgan fingerprint density at radius 1 is 1.42 bits per heavy atom. The lowest BCUT2D eigenvalue weighted by atomic mass is 10.3. The molecular weight excluding hydrogens is 264 g/mol. The summed E-state index contributed by atoms with van der Waals surface area (Å²) < 4.78 is 3.75. The molecule has 0 saturated heterocycles. The van der Waals surface area contributed by atoms with Crippen LogP contribution < -0.4 is 5.32 Å². The smallest absolute Gasteiger partial charge is 0.137 e. The minimum absolute atomic E-state index is 0.328. The van der Waals surface area contributed by atoms with Gasteiger partial charge in [0.1, 0.15) is 12.7 Å². The van der Waals surface area contributed by atoms with E-state index in [9.17, 15) is 0 Å². The molecule has 2 rings (SSSR count). The third-order valence-corrected chi connectivity index (χ3v) is 3.58. The van der Waals surface area contributed by atoms with Crippen LogP contribution in [0.15, 0.2) is 12.7 Å². The van der Waals surface area contributed by atoms with E-state index in [-0.39, 0.29) is 0 Å². The molecule has 0 bridgehead atoms. The zero-order valence-corrected chi connectivity index (χ0v) is 12.2. The summed E-state index contributed by atoms with van der Waals surface area (Å²) in [4.78, 5) is 3.92. The molecule has 0 aliphatic carbocycles. The van der Waals surface area contributed by atoms with Gasteiger partial charge in [-0.2, -0.15) is 10.2 Å². The van der Waals surface area contributed by atoms with Gasteiger partial charge in [-0.1, -0.05) is 11.6 Å². The first-order chi connectivity index (χ1) is 9.08. The second kappa shape index (κ2) is 6.16. The Bertz CT molecular complexity index is 519. The summed E-state index contributed by atoms with van der Waals surface area (Å²) in [6, 6.07) is 0.328. The highest BCUT2D eigenvalue weighted by atomic mass is 35.5. The van der Waals surface area contributed by atoms with E-state index >= 15 is 0 Å². The molecule has 0 amide bonds. The first-order valence-electron chi connectivity index (χ1n) is 6.33. The van der Waals surface area contributed by atoms with Crippen molar-refractivity contribution in [3.05, 3.63) is 29.1 Å². The van der Waals surface area contributed by atoms with Crippen LogP contribution in [0.2, 0.25) is 5.02 Å². The van der Waals surface area contributed by atoms with Gasteiger partial charge in [0.05, 0.1) is 29.5 Å². The summed E-state index contributed by atoms with van der Waals surface area (Å²) in [5.74, 6) is 0. The normalized spacial score (nSPS) is 12.8. The molecule has 0 fully saturated rings. The van der Waals surface area contributed by atoms with Gasteiger partial charge in [-0.15, -0.1) is 0 Å². The Labute approximate surface area is 117 Å². The van der Waals surface area contributed by atoms with Gasteiger partial charge in [0.2, 0.25) is 0 Å². The fraction of sp³-hybridized carbons (Fsp3) is 0.583. The van der Waals surface area contributed by atoms with Crippen molar-refractivity contribution in [1.29, 1.82) is 0 Å². The maximum atomic E-state index is 6.11. The fourth-order valence-corrected chi connectivity index (χ4v) is 2.12. The van der Waals surface area contributed by atoms with Crippen LogP contribution in [0, 0.1) is 13.8 Å². The molecule has 7 heteroatoms. The predicted molar refractivity (Wildman–Crippen MR) is 74.2 cm³/mol. The Morgan fingerprint density at radius 3 is 2.79 bits per heavy atom. The van der Waals surface area contributed by atoms with Crippen molar-refractivity contribution in [3.63, 3.8) is 0 Å². The zero-order valence-electron chi connectivity index (χ0n) is 11.5. The van der Waals surface area contributed by atoms with Crippen molar-refractivity contribution in [2.45, 2.75) is 39.9 Å². The quantitative estimate of drug-likeness (QED) is 0.871. The lowest BCUT2D eigenvalue weighted by molar-refractivity contribution is 0.430. The van der Waals surface area contributed by atoms with E-state index in [1.165, 1.54) is 0 Å².